The molecule has 2 rings (SSSR count). The molecule has 98 valence electrons. The van der Waals surface area contributed by atoms with Crippen LogP contribution in [0.4, 0.5) is 0 Å². The third kappa shape index (κ3) is 2.98. The molecule has 0 unspecified atom stereocenters. The zero-order valence-electron chi connectivity index (χ0n) is 10.2. The molecule has 0 atom stereocenters. The van der Waals surface area contributed by atoms with Crippen molar-refractivity contribution in [2.45, 2.75) is 13.5 Å². The number of hydrogen-bond donors (Lipinski definition) is 2. The first-order valence-electron chi connectivity index (χ1n) is 5.58. The second kappa shape index (κ2) is 5.34. The van der Waals surface area contributed by atoms with Crippen LogP contribution in [0.25, 0.3) is 0 Å². The second-order valence-corrected chi connectivity index (χ2v) is 3.95. The molecule has 2 aromatic rings. The topological polar surface area (TPSA) is 92.4 Å². The monoisotopic (exact) mass is 260 g/mol. The Morgan fingerprint density at radius 2 is 2.05 bits per heavy atom. The van der Waals surface area contributed by atoms with E-state index in [-0.39, 0.29) is 11.5 Å². The highest BCUT2D eigenvalue weighted by molar-refractivity contribution is 5.93. The number of furan rings is 1. The summed E-state index contributed by atoms with van der Waals surface area (Å²) in [6, 6.07) is 4.38. The molecular weight excluding hydrogens is 248 g/mol. The lowest BCUT2D eigenvalue weighted by Gasteiger charge is -2.05. The number of aryl methyl sites for hydroxylation is 1. The van der Waals surface area contributed by atoms with Crippen molar-refractivity contribution in [1.29, 1.82) is 0 Å². The van der Waals surface area contributed by atoms with Gasteiger partial charge in [-0.3, -0.25) is 9.78 Å². The van der Waals surface area contributed by atoms with Gasteiger partial charge in [-0.25, -0.2) is 4.79 Å². The van der Waals surface area contributed by atoms with Crippen molar-refractivity contribution in [3.05, 3.63) is 53.2 Å². The number of nitrogens with one attached hydrogen (secondary N) is 1. The van der Waals surface area contributed by atoms with Gasteiger partial charge in [0.15, 0.2) is 5.76 Å². The second-order valence-electron chi connectivity index (χ2n) is 3.95. The van der Waals surface area contributed by atoms with Crippen LogP contribution in [0, 0.1) is 6.92 Å². The molecule has 2 N–H and O–H groups in total. The predicted octanol–water partition coefficient (Wildman–Crippen LogP) is 1.61. The number of carbonyl (C=O) groups is 2. The van der Waals surface area contributed by atoms with Crippen LogP contribution in [0.1, 0.15) is 32.2 Å². The summed E-state index contributed by atoms with van der Waals surface area (Å²) in [5.74, 6) is -1.94. The van der Waals surface area contributed by atoms with Crippen LogP contribution >= 0.6 is 0 Å². The summed E-state index contributed by atoms with van der Waals surface area (Å²) in [6.45, 7) is 2.22. The highest BCUT2D eigenvalue weighted by Gasteiger charge is 2.14. The standard InChI is InChI=1S/C13H12N2O4/c1-8-6-14-5-4-9(8)7-15-12(16)10-2-3-11(19-10)13(17)18/h2-6H,7H2,1H3,(H,15,16)(H,17,18). The van der Waals surface area contributed by atoms with Crippen molar-refractivity contribution in [3.8, 4) is 0 Å². The summed E-state index contributed by atoms with van der Waals surface area (Å²) < 4.78 is 4.90. The van der Waals surface area contributed by atoms with Crippen molar-refractivity contribution in [3.63, 3.8) is 0 Å². The van der Waals surface area contributed by atoms with E-state index in [0.29, 0.717) is 6.54 Å². The van der Waals surface area contributed by atoms with Crippen molar-refractivity contribution in [2.75, 3.05) is 0 Å². The number of rotatable bonds is 4. The van der Waals surface area contributed by atoms with Gasteiger partial charge in [0.05, 0.1) is 0 Å². The molecule has 2 aromatic heterocycles. The Balaban J connectivity index is 2.01. The van der Waals surface area contributed by atoms with Gasteiger partial charge in [-0.05, 0) is 36.2 Å². The summed E-state index contributed by atoms with van der Waals surface area (Å²) in [5, 5.41) is 11.3. The van der Waals surface area contributed by atoms with Crippen LogP contribution in [0.3, 0.4) is 0 Å². The summed E-state index contributed by atoms with van der Waals surface area (Å²) in [5.41, 5.74) is 1.90. The molecular formula is C13H12N2O4. The fraction of sp³-hybridized carbons (Fsp3) is 0.154. The number of pyridine rings is 1. The third-order valence-electron chi connectivity index (χ3n) is 2.62. The van der Waals surface area contributed by atoms with Gasteiger partial charge in [0.2, 0.25) is 5.76 Å². The average Bonchev–Trinajstić information content (AvgIpc) is 2.87. The molecule has 0 saturated carbocycles. The maximum absolute atomic E-state index is 11.8. The number of aromatic nitrogens is 1. The number of carboxylic acids is 1. The van der Waals surface area contributed by atoms with Crippen LogP contribution < -0.4 is 5.32 Å². The largest absolute Gasteiger partial charge is 0.475 e. The number of amides is 1. The molecule has 1 amide bonds. The first-order chi connectivity index (χ1) is 9.08. The zero-order valence-corrected chi connectivity index (χ0v) is 10.2. The Labute approximate surface area is 109 Å². The van der Waals surface area contributed by atoms with E-state index < -0.39 is 11.9 Å². The molecule has 2 heterocycles. The van der Waals surface area contributed by atoms with Crippen molar-refractivity contribution in [2.24, 2.45) is 0 Å². The smallest absolute Gasteiger partial charge is 0.371 e. The Bertz CT molecular complexity index is 619. The molecule has 19 heavy (non-hydrogen) atoms. The van der Waals surface area contributed by atoms with Crippen molar-refractivity contribution >= 4 is 11.9 Å². The summed E-state index contributed by atoms with van der Waals surface area (Å²) in [4.78, 5) is 26.3. The van der Waals surface area contributed by atoms with Gasteiger partial charge in [0.1, 0.15) is 0 Å². The first-order valence-corrected chi connectivity index (χ1v) is 5.58. The molecule has 0 saturated heterocycles. The van der Waals surface area contributed by atoms with E-state index in [1.807, 2.05) is 6.92 Å². The van der Waals surface area contributed by atoms with Gasteiger partial charge in [-0.15, -0.1) is 0 Å². The minimum absolute atomic E-state index is 0.0240. The summed E-state index contributed by atoms with van der Waals surface area (Å²) in [7, 11) is 0. The molecule has 6 heteroatoms. The van der Waals surface area contributed by atoms with Crippen LogP contribution in [0.15, 0.2) is 35.0 Å². The Morgan fingerprint density at radius 3 is 2.68 bits per heavy atom. The predicted molar refractivity (Wildman–Crippen MR) is 65.8 cm³/mol. The summed E-state index contributed by atoms with van der Waals surface area (Å²) in [6.07, 6.45) is 3.35. The van der Waals surface area contributed by atoms with E-state index in [9.17, 15) is 9.59 Å². The average molecular weight is 260 g/mol. The number of nitrogens with zero attached hydrogens (tertiary/aromatic N) is 1. The minimum atomic E-state index is -1.20. The summed E-state index contributed by atoms with van der Waals surface area (Å²) >= 11 is 0. The molecule has 6 nitrogen and oxygen atoms in total. The lowest BCUT2D eigenvalue weighted by molar-refractivity contribution is 0.0659. The van der Waals surface area contributed by atoms with E-state index in [4.69, 9.17) is 9.52 Å². The van der Waals surface area contributed by atoms with Crippen LogP contribution in [-0.2, 0) is 6.54 Å². The van der Waals surface area contributed by atoms with Gasteiger partial charge in [0.25, 0.3) is 5.91 Å². The van der Waals surface area contributed by atoms with E-state index in [1.54, 1.807) is 18.5 Å². The minimum Gasteiger partial charge on any atom is -0.475 e. The van der Waals surface area contributed by atoms with Gasteiger partial charge in [-0.1, -0.05) is 0 Å². The maximum Gasteiger partial charge on any atom is 0.371 e. The molecule has 0 spiro atoms. The first kappa shape index (κ1) is 12.8. The molecule has 0 aliphatic rings. The van der Waals surface area contributed by atoms with E-state index in [2.05, 4.69) is 10.3 Å². The number of carbonyl (C=O) groups excluding carboxylic acids is 1. The van der Waals surface area contributed by atoms with E-state index >= 15 is 0 Å². The molecule has 0 fully saturated rings. The quantitative estimate of drug-likeness (QED) is 0.871. The normalized spacial score (nSPS) is 10.2. The van der Waals surface area contributed by atoms with Gasteiger partial charge >= 0.3 is 5.97 Å². The molecule has 0 aromatic carbocycles. The SMILES string of the molecule is Cc1cnccc1CNC(=O)c1ccc(C(=O)O)o1. The molecule has 0 aliphatic carbocycles. The molecule has 0 aliphatic heterocycles. The lowest BCUT2D eigenvalue weighted by Crippen LogP contribution is -2.22. The number of carboxylic acid groups (broad SMARTS) is 1. The van der Waals surface area contributed by atoms with Crippen molar-refractivity contribution < 1.29 is 19.1 Å². The Morgan fingerprint density at radius 1 is 1.32 bits per heavy atom. The number of hydrogen-bond acceptors (Lipinski definition) is 4. The van der Waals surface area contributed by atoms with E-state index in [0.717, 1.165) is 11.1 Å². The number of aromatic carboxylic acids is 1. The van der Waals surface area contributed by atoms with Gasteiger partial charge < -0.3 is 14.8 Å². The van der Waals surface area contributed by atoms with Crippen LogP contribution in [0.2, 0.25) is 0 Å². The third-order valence-corrected chi connectivity index (χ3v) is 2.62. The van der Waals surface area contributed by atoms with E-state index in [1.165, 1.54) is 12.1 Å². The van der Waals surface area contributed by atoms with Gasteiger partial charge in [0, 0.05) is 18.9 Å². The highest BCUT2D eigenvalue weighted by atomic mass is 16.4. The van der Waals surface area contributed by atoms with Crippen LogP contribution in [0.5, 0.6) is 0 Å². The fourth-order valence-corrected chi connectivity index (χ4v) is 1.54. The van der Waals surface area contributed by atoms with Crippen molar-refractivity contribution in [1.82, 2.24) is 10.3 Å². The van der Waals surface area contributed by atoms with Gasteiger partial charge in [-0.2, -0.15) is 0 Å². The highest BCUT2D eigenvalue weighted by Crippen LogP contribution is 2.09. The molecule has 0 bridgehead atoms. The maximum atomic E-state index is 11.8. The lowest BCUT2D eigenvalue weighted by atomic mass is 10.1. The Hall–Kier alpha value is -2.63. The molecule has 0 radical (unpaired) electrons. The fourth-order valence-electron chi connectivity index (χ4n) is 1.54. The Kier molecular flexibility index (Phi) is 3.61. The van der Waals surface area contributed by atoms with Crippen LogP contribution in [-0.4, -0.2) is 22.0 Å². The zero-order chi connectivity index (χ0) is 13.8.